The van der Waals surface area contributed by atoms with Crippen LogP contribution in [0, 0.1) is 11.2 Å². The lowest BCUT2D eigenvalue weighted by Gasteiger charge is -2.17. The van der Waals surface area contributed by atoms with Crippen LogP contribution in [0.5, 0.6) is 0 Å². The molecule has 0 saturated heterocycles. The lowest BCUT2D eigenvalue weighted by Crippen LogP contribution is -2.14. The second-order valence-electron chi connectivity index (χ2n) is 4.94. The van der Waals surface area contributed by atoms with Crippen molar-refractivity contribution in [1.82, 2.24) is 4.98 Å². The van der Waals surface area contributed by atoms with E-state index in [1.54, 1.807) is 0 Å². The summed E-state index contributed by atoms with van der Waals surface area (Å²) < 4.78 is 17.9. The molecule has 0 amide bonds. The smallest absolute Gasteiger partial charge is 0.341 e. The molecule has 0 aliphatic heterocycles. The summed E-state index contributed by atoms with van der Waals surface area (Å²) in [6.45, 7) is 6.39. The monoisotopic (exact) mass is 259 g/mol. The first kappa shape index (κ1) is 13.9. The SMILES string of the molecule is CC(C)(C)CCOC(=O)c1cc(F)cnc1Cl. The van der Waals surface area contributed by atoms with Gasteiger partial charge in [0.2, 0.25) is 0 Å². The van der Waals surface area contributed by atoms with Crippen LogP contribution in [-0.2, 0) is 4.74 Å². The van der Waals surface area contributed by atoms with Gasteiger partial charge in [0.25, 0.3) is 0 Å². The summed E-state index contributed by atoms with van der Waals surface area (Å²) >= 11 is 5.68. The van der Waals surface area contributed by atoms with E-state index in [1.807, 2.05) is 20.8 Å². The first-order valence-corrected chi connectivity index (χ1v) is 5.65. The number of rotatable bonds is 3. The van der Waals surface area contributed by atoms with Crippen molar-refractivity contribution >= 4 is 17.6 Å². The molecule has 1 aromatic heterocycles. The predicted molar refractivity (Wildman–Crippen MR) is 63.6 cm³/mol. The van der Waals surface area contributed by atoms with Gasteiger partial charge in [-0.15, -0.1) is 0 Å². The molecule has 0 saturated carbocycles. The van der Waals surface area contributed by atoms with Crippen LogP contribution < -0.4 is 0 Å². The van der Waals surface area contributed by atoms with E-state index in [9.17, 15) is 9.18 Å². The van der Waals surface area contributed by atoms with E-state index in [2.05, 4.69) is 4.98 Å². The van der Waals surface area contributed by atoms with Crippen molar-refractivity contribution in [2.24, 2.45) is 5.41 Å². The van der Waals surface area contributed by atoms with Crippen LogP contribution in [0.3, 0.4) is 0 Å². The van der Waals surface area contributed by atoms with Gasteiger partial charge in [0.1, 0.15) is 11.0 Å². The van der Waals surface area contributed by atoms with Gasteiger partial charge in [0.15, 0.2) is 0 Å². The molecule has 0 aliphatic rings. The van der Waals surface area contributed by atoms with Crippen LogP contribution in [0.1, 0.15) is 37.6 Å². The number of halogens is 2. The summed E-state index contributed by atoms with van der Waals surface area (Å²) in [6, 6.07) is 1.02. The minimum absolute atomic E-state index is 0.0411. The van der Waals surface area contributed by atoms with Gasteiger partial charge in [-0.05, 0) is 17.9 Å². The van der Waals surface area contributed by atoms with Gasteiger partial charge in [-0.2, -0.15) is 0 Å². The van der Waals surface area contributed by atoms with Crippen LogP contribution in [0.2, 0.25) is 5.15 Å². The van der Waals surface area contributed by atoms with Gasteiger partial charge in [-0.1, -0.05) is 32.4 Å². The topological polar surface area (TPSA) is 39.2 Å². The number of pyridine rings is 1. The number of esters is 1. The Morgan fingerprint density at radius 2 is 2.18 bits per heavy atom. The van der Waals surface area contributed by atoms with E-state index < -0.39 is 11.8 Å². The van der Waals surface area contributed by atoms with Crippen molar-refractivity contribution < 1.29 is 13.9 Å². The second-order valence-corrected chi connectivity index (χ2v) is 5.30. The van der Waals surface area contributed by atoms with E-state index in [1.165, 1.54) is 0 Å². The highest BCUT2D eigenvalue weighted by Crippen LogP contribution is 2.19. The van der Waals surface area contributed by atoms with Crippen LogP contribution in [0.4, 0.5) is 4.39 Å². The van der Waals surface area contributed by atoms with E-state index >= 15 is 0 Å². The molecule has 0 atom stereocenters. The lowest BCUT2D eigenvalue weighted by molar-refractivity contribution is 0.0464. The molecule has 1 aromatic rings. The zero-order valence-corrected chi connectivity index (χ0v) is 10.8. The number of carbonyl (C=O) groups excluding carboxylic acids is 1. The van der Waals surface area contributed by atoms with Gasteiger partial charge in [-0.3, -0.25) is 0 Å². The second kappa shape index (κ2) is 5.45. The zero-order valence-electron chi connectivity index (χ0n) is 10.1. The molecule has 1 rings (SSSR count). The Labute approximate surface area is 105 Å². The highest BCUT2D eigenvalue weighted by molar-refractivity contribution is 6.32. The van der Waals surface area contributed by atoms with Crippen molar-refractivity contribution in [3.63, 3.8) is 0 Å². The summed E-state index contributed by atoms with van der Waals surface area (Å²) in [6.07, 6.45) is 1.67. The molecule has 0 unspecified atom stereocenters. The van der Waals surface area contributed by atoms with Gasteiger partial charge in [0.05, 0.1) is 18.4 Å². The highest BCUT2D eigenvalue weighted by atomic mass is 35.5. The first-order valence-electron chi connectivity index (χ1n) is 5.28. The fourth-order valence-corrected chi connectivity index (χ4v) is 1.27. The third-order valence-electron chi connectivity index (χ3n) is 2.11. The van der Waals surface area contributed by atoms with Gasteiger partial charge < -0.3 is 4.74 Å². The molecule has 1 heterocycles. The largest absolute Gasteiger partial charge is 0.462 e. The Bertz CT molecular complexity index is 415. The number of ether oxygens (including phenoxy) is 1. The Hall–Kier alpha value is -1.16. The van der Waals surface area contributed by atoms with Crippen LogP contribution in [0.25, 0.3) is 0 Å². The van der Waals surface area contributed by atoms with Crippen molar-refractivity contribution in [3.8, 4) is 0 Å². The number of carbonyl (C=O) groups is 1. The summed E-state index contributed by atoms with van der Waals surface area (Å²) in [5, 5.41) is -0.0489. The van der Waals surface area contributed by atoms with E-state index in [0.717, 1.165) is 18.7 Å². The van der Waals surface area contributed by atoms with Gasteiger partial charge in [-0.25, -0.2) is 14.2 Å². The summed E-state index contributed by atoms with van der Waals surface area (Å²) in [4.78, 5) is 15.1. The maximum Gasteiger partial charge on any atom is 0.341 e. The minimum atomic E-state index is -0.647. The zero-order chi connectivity index (χ0) is 13.1. The normalized spacial score (nSPS) is 11.4. The molecule has 94 valence electrons. The lowest BCUT2D eigenvalue weighted by atomic mass is 9.93. The Morgan fingerprint density at radius 3 is 2.76 bits per heavy atom. The third-order valence-corrected chi connectivity index (χ3v) is 2.41. The third kappa shape index (κ3) is 4.69. The summed E-state index contributed by atoms with van der Waals surface area (Å²) in [5.74, 6) is -1.26. The molecule has 5 heteroatoms. The molecule has 0 aromatic carbocycles. The van der Waals surface area contributed by atoms with Crippen molar-refractivity contribution in [1.29, 1.82) is 0 Å². The minimum Gasteiger partial charge on any atom is -0.462 e. The number of hydrogen-bond acceptors (Lipinski definition) is 3. The molecule has 0 N–H and O–H groups in total. The number of nitrogens with zero attached hydrogens (tertiary/aromatic N) is 1. The molecular formula is C12H15ClFNO2. The Morgan fingerprint density at radius 1 is 1.53 bits per heavy atom. The summed E-state index contributed by atoms with van der Waals surface area (Å²) in [7, 11) is 0. The Kier molecular flexibility index (Phi) is 4.46. The predicted octanol–water partition coefficient (Wildman–Crippen LogP) is 3.47. The maximum atomic E-state index is 12.9. The molecule has 17 heavy (non-hydrogen) atoms. The number of aromatic nitrogens is 1. The fraction of sp³-hybridized carbons (Fsp3) is 0.500. The molecule has 0 radical (unpaired) electrons. The molecule has 0 fully saturated rings. The van der Waals surface area contributed by atoms with Crippen LogP contribution in [0.15, 0.2) is 12.3 Å². The van der Waals surface area contributed by atoms with Crippen molar-refractivity contribution in [2.45, 2.75) is 27.2 Å². The van der Waals surface area contributed by atoms with Crippen LogP contribution in [-0.4, -0.2) is 17.6 Å². The van der Waals surface area contributed by atoms with Crippen molar-refractivity contribution in [3.05, 3.63) is 28.8 Å². The molecule has 0 spiro atoms. The quantitative estimate of drug-likeness (QED) is 0.616. The highest BCUT2D eigenvalue weighted by Gasteiger charge is 2.16. The van der Waals surface area contributed by atoms with Gasteiger partial charge in [0, 0.05) is 0 Å². The number of hydrogen-bond donors (Lipinski definition) is 0. The Balaban J connectivity index is 2.61. The standard InChI is InChI=1S/C12H15ClFNO2/c1-12(2,3)4-5-17-11(16)9-6-8(14)7-15-10(9)13/h6-7H,4-5H2,1-3H3. The molecule has 3 nitrogen and oxygen atoms in total. The average Bonchev–Trinajstić information content (AvgIpc) is 2.19. The van der Waals surface area contributed by atoms with E-state index in [4.69, 9.17) is 16.3 Å². The van der Waals surface area contributed by atoms with Gasteiger partial charge >= 0.3 is 5.97 Å². The summed E-state index contributed by atoms with van der Waals surface area (Å²) in [5.41, 5.74) is 0.0325. The molecule has 0 aliphatic carbocycles. The molecular weight excluding hydrogens is 245 g/mol. The average molecular weight is 260 g/mol. The van der Waals surface area contributed by atoms with Crippen molar-refractivity contribution in [2.75, 3.05) is 6.61 Å². The maximum absolute atomic E-state index is 12.9. The van der Waals surface area contributed by atoms with Crippen LogP contribution >= 0.6 is 11.6 Å². The van der Waals surface area contributed by atoms with E-state index in [-0.39, 0.29) is 22.7 Å². The molecule has 0 bridgehead atoms. The fourth-order valence-electron chi connectivity index (χ4n) is 1.09. The van der Waals surface area contributed by atoms with E-state index in [0.29, 0.717) is 0 Å². The first-order chi connectivity index (χ1) is 7.79.